The Morgan fingerprint density at radius 2 is 1.04 bits per heavy atom. The van der Waals surface area contributed by atoms with Gasteiger partial charge in [0.1, 0.15) is 0 Å². The number of rotatable bonds is 3. The van der Waals surface area contributed by atoms with Gasteiger partial charge in [0.2, 0.25) is 0 Å². The lowest BCUT2D eigenvalue weighted by Crippen LogP contribution is -1.99. The third-order valence-corrected chi connectivity index (χ3v) is 10.5. The van der Waals surface area contributed by atoms with Crippen molar-refractivity contribution in [2.45, 2.75) is 0 Å². The number of aromatic nitrogens is 2. The smallest absolute Gasteiger partial charge is 0.0730 e. The lowest BCUT2D eigenvalue weighted by Gasteiger charge is -2.14. The van der Waals surface area contributed by atoms with Crippen molar-refractivity contribution >= 4 is 74.9 Å². The molecule has 3 heterocycles. The molecule has 10 rings (SSSR count). The van der Waals surface area contributed by atoms with Crippen LogP contribution >= 0.6 is 11.3 Å². The Morgan fingerprint density at radius 1 is 0.457 bits per heavy atom. The second-order valence-corrected chi connectivity index (χ2v) is 13.0. The Balaban J connectivity index is 1.46. The van der Waals surface area contributed by atoms with Crippen LogP contribution in [0.25, 0.3) is 91.7 Å². The van der Waals surface area contributed by atoms with E-state index in [1.54, 1.807) is 0 Å². The fourth-order valence-corrected chi connectivity index (χ4v) is 8.63. The first kappa shape index (κ1) is 25.5. The van der Waals surface area contributed by atoms with Crippen molar-refractivity contribution < 1.29 is 0 Å². The lowest BCUT2D eigenvalue weighted by atomic mass is 9.98. The van der Waals surface area contributed by atoms with Crippen LogP contribution in [0.1, 0.15) is 0 Å². The van der Waals surface area contributed by atoms with Crippen molar-refractivity contribution in [3.05, 3.63) is 158 Å². The molecule has 7 aromatic carbocycles. The summed E-state index contributed by atoms with van der Waals surface area (Å²) in [6.07, 6.45) is 0. The van der Waals surface area contributed by atoms with Gasteiger partial charge in [-0.05, 0) is 40.4 Å². The SMILES string of the molecule is c1ccc(-c2cc(-n3c4ccc5ccccc5c4c4c5sc6ccccc6c5c5ccccc5c43)cc(-c3ccccc3)n2)cc1. The van der Waals surface area contributed by atoms with E-state index in [1.165, 1.54) is 63.5 Å². The zero-order chi connectivity index (χ0) is 30.2. The van der Waals surface area contributed by atoms with Crippen LogP contribution < -0.4 is 0 Å². The summed E-state index contributed by atoms with van der Waals surface area (Å²) >= 11 is 1.91. The van der Waals surface area contributed by atoms with E-state index in [1.807, 2.05) is 11.3 Å². The van der Waals surface area contributed by atoms with Gasteiger partial charge in [-0.1, -0.05) is 133 Å². The van der Waals surface area contributed by atoms with Gasteiger partial charge in [0.25, 0.3) is 0 Å². The molecular weight excluding hydrogens is 577 g/mol. The van der Waals surface area contributed by atoms with Gasteiger partial charge in [-0.3, -0.25) is 0 Å². The quantitative estimate of drug-likeness (QED) is 0.197. The third kappa shape index (κ3) is 3.67. The van der Waals surface area contributed by atoms with Gasteiger partial charge in [0, 0.05) is 47.5 Å². The van der Waals surface area contributed by atoms with Crippen LogP contribution in [0.15, 0.2) is 158 Å². The monoisotopic (exact) mass is 602 g/mol. The molecule has 0 radical (unpaired) electrons. The van der Waals surface area contributed by atoms with Crippen molar-refractivity contribution in [2.75, 3.05) is 0 Å². The molecule has 2 nitrogen and oxygen atoms in total. The topological polar surface area (TPSA) is 17.8 Å². The Morgan fingerprint density at radius 3 is 1.76 bits per heavy atom. The highest BCUT2D eigenvalue weighted by molar-refractivity contribution is 7.27. The van der Waals surface area contributed by atoms with Gasteiger partial charge in [-0.2, -0.15) is 0 Å². The van der Waals surface area contributed by atoms with Crippen molar-refractivity contribution in [2.24, 2.45) is 0 Å². The summed E-state index contributed by atoms with van der Waals surface area (Å²) in [6.45, 7) is 0. The molecule has 0 aliphatic rings. The minimum Gasteiger partial charge on any atom is -0.308 e. The van der Waals surface area contributed by atoms with Crippen LogP contribution in [0.5, 0.6) is 0 Å². The summed E-state index contributed by atoms with van der Waals surface area (Å²) in [5.41, 5.74) is 7.67. The zero-order valence-electron chi connectivity index (χ0n) is 24.8. The predicted octanol–water partition coefficient (Wildman–Crippen LogP) is 12.2. The van der Waals surface area contributed by atoms with Gasteiger partial charge < -0.3 is 4.57 Å². The molecule has 0 atom stereocenters. The molecule has 0 spiro atoms. The fourth-order valence-electron chi connectivity index (χ4n) is 7.36. The Kier molecular flexibility index (Phi) is 5.48. The highest BCUT2D eigenvalue weighted by atomic mass is 32.1. The predicted molar refractivity (Wildman–Crippen MR) is 197 cm³/mol. The minimum atomic E-state index is 0.958. The van der Waals surface area contributed by atoms with Crippen LogP contribution in [0, 0.1) is 0 Å². The first-order chi connectivity index (χ1) is 22.8. The molecule has 0 fully saturated rings. The van der Waals surface area contributed by atoms with Gasteiger partial charge in [-0.25, -0.2) is 4.98 Å². The number of thiophene rings is 1. The summed E-state index contributed by atoms with van der Waals surface area (Å²) in [7, 11) is 0. The number of benzene rings is 7. The molecule has 0 N–H and O–H groups in total. The fraction of sp³-hybridized carbons (Fsp3) is 0. The molecule has 3 heteroatoms. The average Bonchev–Trinajstić information content (AvgIpc) is 3.69. The van der Waals surface area contributed by atoms with E-state index in [4.69, 9.17) is 4.98 Å². The van der Waals surface area contributed by atoms with E-state index in [-0.39, 0.29) is 0 Å². The van der Waals surface area contributed by atoms with E-state index in [0.717, 1.165) is 28.2 Å². The van der Waals surface area contributed by atoms with Crippen molar-refractivity contribution in [3.63, 3.8) is 0 Å². The molecule has 214 valence electrons. The normalized spacial score (nSPS) is 11.9. The average molecular weight is 603 g/mol. The highest BCUT2D eigenvalue weighted by Gasteiger charge is 2.23. The van der Waals surface area contributed by atoms with E-state index in [2.05, 4.69) is 162 Å². The molecule has 10 aromatic rings. The molecule has 3 aromatic heterocycles. The van der Waals surface area contributed by atoms with Crippen molar-refractivity contribution in [1.29, 1.82) is 0 Å². The van der Waals surface area contributed by atoms with Crippen LogP contribution in [0.4, 0.5) is 0 Å². The van der Waals surface area contributed by atoms with Crippen LogP contribution in [0.3, 0.4) is 0 Å². The molecule has 0 saturated heterocycles. The first-order valence-corrected chi connectivity index (χ1v) is 16.5. The largest absolute Gasteiger partial charge is 0.308 e. The molecule has 0 bridgehead atoms. The number of hydrogen-bond acceptors (Lipinski definition) is 2. The lowest BCUT2D eigenvalue weighted by molar-refractivity contribution is 1.16. The molecule has 46 heavy (non-hydrogen) atoms. The number of nitrogens with zero attached hydrogens (tertiary/aromatic N) is 2. The summed E-state index contributed by atoms with van der Waals surface area (Å²) in [5.74, 6) is 0. The standard InChI is InChI=1S/C43H26N2S/c1-3-14-28(15-4-1)35-25-30(26-36(44-35)29-16-5-2-6-17-29)45-37-24-23-27-13-7-8-18-31(27)40(37)41-42(45)33-20-10-9-19-32(33)39-34-21-11-12-22-38(34)46-43(39)41/h1-26H. The Labute approximate surface area is 269 Å². The number of hydrogen-bond donors (Lipinski definition) is 0. The second kappa shape index (κ2) is 9.87. The summed E-state index contributed by atoms with van der Waals surface area (Å²) in [5, 5.41) is 10.4. The first-order valence-electron chi connectivity index (χ1n) is 15.6. The van der Waals surface area contributed by atoms with E-state index < -0.39 is 0 Å². The van der Waals surface area contributed by atoms with Crippen LogP contribution in [0.2, 0.25) is 0 Å². The maximum Gasteiger partial charge on any atom is 0.0730 e. The van der Waals surface area contributed by atoms with Crippen LogP contribution in [-0.2, 0) is 0 Å². The maximum absolute atomic E-state index is 5.22. The molecular formula is C43H26N2S. The third-order valence-electron chi connectivity index (χ3n) is 9.34. The van der Waals surface area contributed by atoms with Gasteiger partial charge >= 0.3 is 0 Å². The van der Waals surface area contributed by atoms with Gasteiger partial charge in [0.05, 0.1) is 28.1 Å². The van der Waals surface area contributed by atoms with E-state index >= 15 is 0 Å². The summed E-state index contributed by atoms with van der Waals surface area (Å²) < 4.78 is 5.16. The molecule has 0 unspecified atom stereocenters. The number of pyridine rings is 1. The molecule has 0 aliphatic carbocycles. The second-order valence-electron chi connectivity index (χ2n) is 11.9. The molecule has 0 saturated carbocycles. The van der Waals surface area contributed by atoms with E-state index in [0.29, 0.717) is 0 Å². The molecule has 0 amide bonds. The Bertz CT molecular complexity index is 2730. The number of fused-ring (bicyclic) bond motifs is 12. The Hall–Kier alpha value is -5.77. The van der Waals surface area contributed by atoms with Crippen LogP contribution in [-0.4, -0.2) is 9.55 Å². The maximum atomic E-state index is 5.22. The van der Waals surface area contributed by atoms with Gasteiger partial charge in [-0.15, -0.1) is 11.3 Å². The summed E-state index contributed by atoms with van der Waals surface area (Å²) in [4.78, 5) is 5.22. The zero-order valence-corrected chi connectivity index (χ0v) is 25.6. The minimum absolute atomic E-state index is 0.958. The van der Waals surface area contributed by atoms with Crippen molar-refractivity contribution in [3.8, 4) is 28.2 Å². The molecule has 0 aliphatic heterocycles. The highest BCUT2D eigenvalue weighted by Crippen LogP contribution is 2.49. The van der Waals surface area contributed by atoms with E-state index in [9.17, 15) is 0 Å². The van der Waals surface area contributed by atoms with Crippen molar-refractivity contribution in [1.82, 2.24) is 9.55 Å². The van der Waals surface area contributed by atoms with Gasteiger partial charge in [0.15, 0.2) is 0 Å². The summed E-state index contributed by atoms with van der Waals surface area (Å²) in [6, 6.07) is 56.8.